The van der Waals surface area contributed by atoms with Crippen molar-refractivity contribution in [3.63, 3.8) is 0 Å². The van der Waals surface area contributed by atoms with E-state index in [0.29, 0.717) is 0 Å². The maximum absolute atomic E-state index is 4.56. The van der Waals surface area contributed by atoms with Crippen molar-refractivity contribution in [3.05, 3.63) is 199 Å². The number of hydrogen-bond donors (Lipinski definition) is 0. The second-order valence-corrected chi connectivity index (χ2v) is 16.7. The van der Waals surface area contributed by atoms with Gasteiger partial charge in [0.05, 0.1) is 22.1 Å². The molecule has 0 atom stereocenters. The highest BCUT2D eigenvalue weighted by Crippen LogP contribution is 2.55. The van der Waals surface area contributed by atoms with Crippen molar-refractivity contribution < 1.29 is 0 Å². The molecule has 0 fully saturated rings. The lowest BCUT2D eigenvalue weighted by molar-refractivity contribution is 0.661. The van der Waals surface area contributed by atoms with Crippen molar-refractivity contribution >= 4 is 75.9 Å². The molecule has 0 radical (unpaired) electrons. The summed E-state index contributed by atoms with van der Waals surface area (Å²) in [6, 6.07) is 65.3. The standard InChI is InChI=1S/C56H37N3/c1-56(2)48-25-24-43-40-19-10-9-17-38(40)39-18-11-12-20-42(39)54(43)55(48)46-31-45-41-23-21-35(30-52(41)59(53(45)32-49(46)56)37-15-7-4-8-16-37)34-22-26-50-44(29-34)47-33-57-28-27-51(47)58(50)36-13-5-3-6-14-36/h3-33H,1-2H3. The molecule has 59 heavy (non-hydrogen) atoms. The van der Waals surface area contributed by atoms with Gasteiger partial charge in [-0.15, -0.1) is 0 Å². The number of pyridine rings is 1. The molecule has 0 N–H and O–H groups in total. The Morgan fingerprint density at radius 3 is 1.66 bits per heavy atom. The van der Waals surface area contributed by atoms with Crippen LogP contribution in [0.1, 0.15) is 25.0 Å². The largest absolute Gasteiger partial charge is 0.309 e. The van der Waals surface area contributed by atoms with E-state index >= 15 is 0 Å². The lowest BCUT2D eigenvalue weighted by atomic mass is 9.81. The van der Waals surface area contributed by atoms with Gasteiger partial charge in [0, 0.05) is 50.7 Å². The van der Waals surface area contributed by atoms with E-state index in [1.807, 2.05) is 12.4 Å². The maximum atomic E-state index is 4.56. The van der Waals surface area contributed by atoms with Crippen LogP contribution < -0.4 is 0 Å². The topological polar surface area (TPSA) is 22.8 Å². The molecule has 0 spiro atoms. The Kier molecular flexibility index (Phi) is 6.51. The Bertz CT molecular complexity index is 3700. The highest BCUT2D eigenvalue weighted by Gasteiger charge is 2.38. The van der Waals surface area contributed by atoms with Crippen molar-refractivity contribution in [1.82, 2.24) is 14.1 Å². The van der Waals surface area contributed by atoms with E-state index in [1.165, 1.54) is 98.4 Å². The van der Waals surface area contributed by atoms with E-state index in [2.05, 4.69) is 204 Å². The predicted octanol–water partition coefficient (Wildman–Crippen LogP) is 14.7. The molecule has 0 saturated carbocycles. The first-order chi connectivity index (χ1) is 29.0. The quantitative estimate of drug-likeness (QED) is 0.165. The van der Waals surface area contributed by atoms with Gasteiger partial charge in [-0.1, -0.05) is 129 Å². The van der Waals surface area contributed by atoms with Gasteiger partial charge in [0.15, 0.2) is 0 Å². The average Bonchev–Trinajstić information content (AvgIpc) is 3.88. The predicted molar refractivity (Wildman–Crippen MR) is 248 cm³/mol. The number of benzene rings is 9. The second kappa shape index (κ2) is 11.8. The number of hydrogen-bond acceptors (Lipinski definition) is 1. The maximum Gasteiger partial charge on any atom is 0.0571 e. The SMILES string of the molecule is CC1(C)c2cc3c(cc2-c2c1ccc1c4ccccc4c4ccccc4c21)c1ccc(-c2ccc4c(c2)c2cnccc2n4-c2ccccc2)cc1n3-c1ccccc1. The summed E-state index contributed by atoms with van der Waals surface area (Å²) < 4.78 is 4.83. The molecular weight excluding hydrogens is 715 g/mol. The van der Waals surface area contributed by atoms with Gasteiger partial charge in [-0.05, 0) is 126 Å². The third kappa shape index (κ3) is 4.39. The molecule has 276 valence electrons. The number of aromatic nitrogens is 3. The van der Waals surface area contributed by atoms with Crippen molar-refractivity contribution in [1.29, 1.82) is 0 Å². The monoisotopic (exact) mass is 751 g/mol. The van der Waals surface area contributed by atoms with Crippen molar-refractivity contribution in [3.8, 4) is 33.6 Å². The number of rotatable bonds is 3. The summed E-state index contributed by atoms with van der Waals surface area (Å²) in [5.41, 5.74) is 14.7. The van der Waals surface area contributed by atoms with Crippen LogP contribution in [0.2, 0.25) is 0 Å². The van der Waals surface area contributed by atoms with Gasteiger partial charge in [-0.2, -0.15) is 0 Å². The number of nitrogens with zero attached hydrogens (tertiary/aromatic N) is 3. The normalized spacial score (nSPS) is 13.4. The van der Waals surface area contributed by atoms with Gasteiger partial charge in [0.1, 0.15) is 0 Å². The van der Waals surface area contributed by atoms with Crippen LogP contribution in [0.15, 0.2) is 188 Å². The molecule has 9 aromatic carbocycles. The lowest BCUT2D eigenvalue weighted by Crippen LogP contribution is -2.15. The molecule has 0 amide bonds. The van der Waals surface area contributed by atoms with Crippen LogP contribution >= 0.6 is 0 Å². The molecule has 0 bridgehead atoms. The van der Waals surface area contributed by atoms with Crippen molar-refractivity contribution in [2.75, 3.05) is 0 Å². The molecule has 0 unspecified atom stereocenters. The number of para-hydroxylation sites is 2. The van der Waals surface area contributed by atoms with Crippen molar-refractivity contribution in [2.45, 2.75) is 19.3 Å². The molecule has 3 heteroatoms. The van der Waals surface area contributed by atoms with E-state index in [9.17, 15) is 0 Å². The first-order valence-electron chi connectivity index (χ1n) is 20.5. The van der Waals surface area contributed by atoms with Crippen LogP contribution in [0, 0.1) is 0 Å². The zero-order valence-corrected chi connectivity index (χ0v) is 32.7. The van der Waals surface area contributed by atoms with E-state index < -0.39 is 0 Å². The van der Waals surface area contributed by atoms with Crippen LogP contribution in [0.5, 0.6) is 0 Å². The summed E-state index contributed by atoms with van der Waals surface area (Å²) >= 11 is 0. The Labute approximate surface area is 341 Å². The summed E-state index contributed by atoms with van der Waals surface area (Å²) in [6.07, 6.45) is 3.89. The Morgan fingerprint density at radius 1 is 0.390 bits per heavy atom. The van der Waals surface area contributed by atoms with E-state index in [-0.39, 0.29) is 5.41 Å². The molecule has 1 aliphatic rings. The third-order valence-corrected chi connectivity index (χ3v) is 13.4. The van der Waals surface area contributed by atoms with Crippen LogP contribution in [0.25, 0.3) is 110 Å². The third-order valence-electron chi connectivity index (χ3n) is 13.4. The summed E-state index contributed by atoms with van der Waals surface area (Å²) in [5.74, 6) is 0. The minimum absolute atomic E-state index is 0.188. The first-order valence-corrected chi connectivity index (χ1v) is 20.5. The molecule has 3 nitrogen and oxygen atoms in total. The second-order valence-electron chi connectivity index (χ2n) is 16.7. The Morgan fingerprint density at radius 2 is 0.932 bits per heavy atom. The van der Waals surface area contributed by atoms with Gasteiger partial charge in [-0.3, -0.25) is 4.98 Å². The van der Waals surface area contributed by atoms with Gasteiger partial charge >= 0.3 is 0 Å². The summed E-state index contributed by atoms with van der Waals surface area (Å²) in [4.78, 5) is 4.56. The van der Waals surface area contributed by atoms with Crippen LogP contribution in [0.3, 0.4) is 0 Å². The van der Waals surface area contributed by atoms with E-state index in [4.69, 9.17) is 0 Å². The molecule has 3 heterocycles. The van der Waals surface area contributed by atoms with Crippen molar-refractivity contribution in [2.24, 2.45) is 0 Å². The molecule has 3 aromatic heterocycles. The zero-order valence-electron chi connectivity index (χ0n) is 32.7. The Hall–Kier alpha value is -7.49. The molecule has 12 aromatic rings. The fourth-order valence-electron chi connectivity index (χ4n) is 10.7. The molecule has 13 rings (SSSR count). The fourth-order valence-corrected chi connectivity index (χ4v) is 10.7. The van der Waals surface area contributed by atoms with E-state index in [1.54, 1.807) is 0 Å². The van der Waals surface area contributed by atoms with E-state index in [0.717, 1.165) is 22.3 Å². The molecule has 1 aliphatic carbocycles. The fraction of sp³-hybridized carbons (Fsp3) is 0.0536. The van der Waals surface area contributed by atoms with Gasteiger partial charge in [0.25, 0.3) is 0 Å². The Balaban J connectivity index is 1.08. The first kappa shape index (κ1) is 32.6. The van der Waals surface area contributed by atoms with Crippen LogP contribution in [-0.2, 0) is 5.41 Å². The minimum atomic E-state index is -0.188. The van der Waals surface area contributed by atoms with Gasteiger partial charge in [-0.25, -0.2) is 0 Å². The molecule has 0 aliphatic heterocycles. The van der Waals surface area contributed by atoms with Gasteiger partial charge in [0.2, 0.25) is 0 Å². The molecule has 0 saturated heterocycles. The number of fused-ring (bicyclic) bond motifs is 16. The van der Waals surface area contributed by atoms with Crippen LogP contribution in [0.4, 0.5) is 0 Å². The summed E-state index contributed by atoms with van der Waals surface area (Å²) in [5, 5.41) is 12.8. The minimum Gasteiger partial charge on any atom is -0.309 e. The molecular formula is C56H37N3. The summed E-state index contributed by atoms with van der Waals surface area (Å²) in [7, 11) is 0. The zero-order chi connectivity index (χ0) is 39.0. The highest BCUT2D eigenvalue weighted by molar-refractivity contribution is 6.29. The average molecular weight is 752 g/mol. The summed E-state index contributed by atoms with van der Waals surface area (Å²) in [6.45, 7) is 4.82. The van der Waals surface area contributed by atoms with Gasteiger partial charge < -0.3 is 9.13 Å². The van der Waals surface area contributed by atoms with Crippen LogP contribution in [-0.4, -0.2) is 14.1 Å². The highest BCUT2D eigenvalue weighted by atomic mass is 15.0. The lowest BCUT2D eigenvalue weighted by Gasteiger charge is -2.22. The smallest absolute Gasteiger partial charge is 0.0571 e.